The van der Waals surface area contributed by atoms with Crippen molar-refractivity contribution < 1.29 is 0 Å². The highest BCUT2D eigenvalue weighted by molar-refractivity contribution is 6.23. The van der Waals surface area contributed by atoms with Gasteiger partial charge in [0.15, 0.2) is 0 Å². The minimum atomic E-state index is 0.0557. The van der Waals surface area contributed by atoms with E-state index in [1.165, 1.54) is 104 Å². The Morgan fingerprint density at radius 3 is 1.17 bits per heavy atom. The second kappa shape index (κ2) is 16.6. The van der Waals surface area contributed by atoms with Gasteiger partial charge in [-0.15, -0.1) is 0 Å². The van der Waals surface area contributed by atoms with E-state index in [0.717, 1.165) is 11.4 Å². The van der Waals surface area contributed by atoms with Crippen molar-refractivity contribution in [2.45, 2.75) is 130 Å². The molecule has 0 unspecified atom stereocenters. The first kappa shape index (κ1) is 41.4. The molecule has 0 radical (unpaired) electrons. The second-order valence-electron chi connectivity index (χ2n) is 20.1. The molecule has 0 bridgehead atoms. The van der Waals surface area contributed by atoms with Crippen LogP contribution in [-0.2, 0) is 10.8 Å². The van der Waals surface area contributed by atoms with Gasteiger partial charge in [0.1, 0.15) is 0 Å². The van der Waals surface area contributed by atoms with Crippen LogP contribution in [0.4, 0.5) is 34.1 Å². The Hall–Kier alpha value is -5.34. The van der Waals surface area contributed by atoms with E-state index >= 15 is 0 Å². The summed E-state index contributed by atoms with van der Waals surface area (Å²) in [7, 11) is 0. The number of nitrogens with zero attached hydrogens (tertiary/aromatic N) is 2. The summed E-state index contributed by atoms with van der Waals surface area (Å²) in [5, 5.41) is 5.01. The molecule has 1 aliphatic rings. The molecular weight excluding hydrogens is 725 g/mol. The van der Waals surface area contributed by atoms with Gasteiger partial charge in [-0.3, -0.25) is 0 Å². The molecule has 1 aliphatic carbocycles. The van der Waals surface area contributed by atoms with Crippen LogP contribution in [0.15, 0.2) is 140 Å². The molecule has 0 saturated heterocycles. The Morgan fingerprint density at radius 2 is 0.783 bits per heavy atom. The van der Waals surface area contributed by atoms with Gasteiger partial charge >= 0.3 is 0 Å². The zero-order valence-electron chi connectivity index (χ0n) is 37.9. The van der Waals surface area contributed by atoms with Gasteiger partial charge in [-0.05, 0) is 124 Å². The fourth-order valence-corrected chi connectivity index (χ4v) is 9.37. The minimum absolute atomic E-state index is 0.0557. The lowest BCUT2D eigenvalue weighted by atomic mass is 9.82. The van der Waals surface area contributed by atoms with E-state index in [0.29, 0.717) is 17.8 Å². The molecule has 308 valence electrons. The van der Waals surface area contributed by atoms with Crippen molar-refractivity contribution in [3.8, 4) is 0 Å². The van der Waals surface area contributed by atoms with Crippen LogP contribution < -0.4 is 9.80 Å². The highest BCUT2D eigenvalue weighted by atomic mass is 15.2. The standard InChI is InChI=1S/C58H66N2/c1-39(2)41-20-29-47(30-21-41)59(49-33-25-45(26-34-49)57(5,6)7)55-51-18-14-15-19-52(51)56(54-38-44(24-37-53(54)55)43-16-12-11-13-17-43)60(48-31-22-42(23-32-48)40(3)4)50-35-27-46(28-36-50)58(8,9)10/h14-15,18-40,43H,11-13,16-17H2,1-10H3. The van der Waals surface area contributed by atoms with E-state index in [2.05, 4.69) is 219 Å². The Morgan fingerprint density at radius 1 is 0.417 bits per heavy atom. The zero-order valence-corrected chi connectivity index (χ0v) is 37.9. The number of hydrogen-bond acceptors (Lipinski definition) is 2. The Balaban J connectivity index is 1.47. The number of rotatable bonds is 9. The lowest BCUT2D eigenvalue weighted by molar-refractivity contribution is 0.444. The van der Waals surface area contributed by atoms with Crippen molar-refractivity contribution in [1.82, 2.24) is 0 Å². The van der Waals surface area contributed by atoms with Crippen molar-refractivity contribution >= 4 is 55.7 Å². The number of fused-ring (bicyclic) bond motifs is 2. The summed E-state index contributed by atoms with van der Waals surface area (Å²) in [6, 6.07) is 54.0. The molecule has 8 rings (SSSR count). The normalized spacial score (nSPS) is 14.1. The van der Waals surface area contributed by atoms with Crippen LogP contribution in [0, 0.1) is 0 Å². The van der Waals surface area contributed by atoms with Gasteiger partial charge in [0.05, 0.1) is 11.4 Å². The van der Waals surface area contributed by atoms with Gasteiger partial charge in [-0.2, -0.15) is 0 Å². The molecule has 7 aromatic rings. The van der Waals surface area contributed by atoms with E-state index in [9.17, 15) is 0 Å². The highest BCUT2D eigenvalue weighted by Gasteiger charge is 2.28. The first-order valence-corrected chi connectivity index (χ1v) is 22.7. The third-order valence-electron chi connectivity index (χ3n) is 13.1. The summed E-state index contributed by atoms with van der Waals surface area (Å²) in [6.45, 7) is 22.9. The van der Waals surface area contributed by atoms with E-state index in [1.54, 1.807) is 0 Å². The van der Waals surface area contributed by atoms with Gasteiger partial charge in [-0.25, -0.2) is 0 Å². The van der Waals surface area contributed by atoms with Crippen molar-refractivity contribution in [1.29, 1.82) is 0 Å². The first-order chi connectivity index (χ1) is 28.7. The van der Waals surface area contributed by atoms with Crippen LogP contribution in [0.5, 0.6) is 0 Å². The van der Waals surface area contributed by atoms with E-state index in [4.69, 9.17) is 0 Å². The lowest BCUT2D eigenvalue weighted by Crippen LogP contribution is -2.16. The zero-order chi connectivity index (χ0) is 42.3. The maximum Gasteiger partial charge on any atom is 0.0620 e. The van der Waals surface area contributed by atoms with Crippen molar-refractivity contribution in [2.24, 2.45) is 0 Å². The predicted molar refractivity (Wildman–Crippen MR) is 262 cm³/mol. The fourth-order valence-electron chi connectivity index (χ4n) is 9.37. The summed E-state index contributed by atoms with van der Waals surface area (Å²) < 4.78 is 0. The van der Waals surface area contributed by atoms with Crippen molar-refractivity contribution in [3.05, 3.63) is 167 Å². The fraction of sp³-hybridized carbons (Fsp3) is 0.345. The topological polar surface area (TPSA) is 6.48 Å². The quantitative estimate of drug-likeness (QED) is 0.106. The maximum atomic E-state index is 2.58. The molecule has 0 atom stereocenters. The molecule has 0 amide bonds. The highest BCUT2D eigenvalue weighted by Crippen LogP contribution is 2.52. The summed E-state index contributed by atoms with van der Waals surface area (Å²) >= 11 is 0. The first-order valence-electron chi connectivity index (χ1n) is 22.7. The molecule has 2 nitrogen and oxygen atoms in total. The summed E-state index contributed by atoms with van der Waals surface area (Å²) in [4.78, 5) is 5.08. The van der Waals surface area contributed by atoms with E-state index in [-0.39, 0.29) is 10.8 Å². The number of benzene rings is 7. The smallest absolute Gasteiger partial charge is 0.0620 e. The van der Waals surface area contributed by atoms with E-state index < -0.39 is 0 Å². The molecule has 0 aliphatic heterocycles. The summed E-state index contributed by atoms with van der Waals surface area (Å²) in [5.74, 6) is 1.48. The molecule has 2 heteroatoms. The predicted octanol–water partition coefficient (Wildman–Crippen LogP) is 17.8. The van der Waals surface area contributed by atoms with Crippen LogP contribution in [-0.4, -0.2) is 0 Å². The van der Waals surface area contributed by atoms with Gasteiger partial charge in [-0.1, -0.05) is 173 Å². The van der Waals surface area contributed by atoms with E-state index in [1.807, 2.05) is 0 Å². The average molecular weight is 791 g/mol. The van der Waals surface area contributed by atoms with Gasteiger partial charge in [0.2, 0.25) is 0 Å². The Labute approximate surface area is 361 Å². The van der Waals surface area contributed by atoms with Crippen LogP contribution in [0.2, 0.25) is 0 Å². The number of hydrogen-bond donors (Lipinski definition) is 0. The third kappa shape index (κ3) is 8.23. The Bertz CT molecular complexity index is 2560. The van der Waals surface area contributed by atoms with Crippen molar-refractivity contribution in [3.63, 3.8) is 0 Å². The monoisotopic (exact) mass is 791 g/mol. The number of anilines is 6. The van der Waals surface area contributed by atoms with Crippen LogP contribution in [0.25, 0.3) is 21.5 Å². The van der Waals surface area contributed by atoms with Crippen LogP contribution in [0.1, 0.15) is 147 Å². The van der Waals surface area contributed by atoms with Crippen molar-refractivity contribution in [2.75, 3.05) is 9.80 Å². The molecule has 7 aromatic carbocycles. The van der Waals surface area contributed by atoms with Gasteiger partial charge in [0, 0.05) is 44.3 Å². The second-order valence-corrected chi connectivity index (χ2v) is 20.1. The molecule has 0 spiro atoms. The molecule has 60 heavy (non-hydrogen) atoms. The SMILES string of the molecule is CC(C)c1ccc(N(c2ccc(C(C)(C)C)cc2)c2c3ccccc3c(N(c3ccc(C(C)C)cc3)c3ccc(C(C)(C)C)cc3)c3cc(C4CCCCC4)ccc23)cc1. The molecular formula is C58H66N2. The molecule has 0 heterocycles. The molecule has 1 saturated carbocycles. The third-order valence-corrected chi connectivity index (χ3v) is 13.1. The van der Waals surface area contributed by atoms with Crippen LogP contribution in [0.3, 0.4) is 0 Å². The minimum Gasteiger partial charge on any atom is -0.309 e. The maximum absolute atomic E-state index is 2.58. The largest absolute Gasteiger partial charge is 0.309 e. The summed E-state index contributed by atoms with van der Waals surface area (Å²) in [6.07, 6.45) is 6.46. The lowest BCUT2D eigenvalue weighted by Gasteiger charge is -2.34. The van der Waals surface area contributed by atoms with Crippen LogP contribution >= 0.6 is 0 Å². The summed E-state index contributed by atoms with van der Waals surface area (Å²) in [5.41, 5.74) is 14.1. The average Bonchev–Trinajstić information content (AvgIpc) is 3.24. The molecule has 0 aromatic heterocycles. The Kier molecular flexibility index (Phi) is 11.5. The molecule has 1 fully saturated rings. The van der Waals surface area contributed by atoms with Gasteiger partial charge < -0.3 is 9.80 Å². The molecule has 0 N–H and O–H groups in total. The van der Waals surface area contributed by atoms with Gasteiger partial charge in [0.25, 0.3) is 0 Å².